The Morgan fingerprint density at radius 2 is 2.00 bits per heavy atom. The molecule has 1 aliphatic rings. The number of nitro benzene ring substituents is 1. The van der Waals surface area contributed by atoms with Gasteiger partial charge in [0.25, 0.3) is 5.69 Å². The van der Waals surface area contributed by atoms with E-state index in [0.717, 1.165) is 19.3 Å². The van der Waals surface area contributed by atoms with Gasteiger partial charge in [0.1, 0.15) is 11.4 Å². The van der Waals surface area contributed by atoms with Crippen molar-refractivity contribution in [3.05, 3.63) is 28.3 Å². The van der Waals surface area contributed by atoms with E-state index in [2.05, 4.69) is 12.2 Å². The first-order valence-corrected chi connectivity index (χ1v) is 9.53. The third-order valence-electron chi connectivity index (χ3n) is 4.54. The van der Waals surface area contributed by atoms with E-state index >= 15 is 0 Å². The van der Waals surface area contributed by atoms with Gasteiger partial charge in [-0.05, 0) is 30.8 Å². The molecule has 0 unspecified atom stereocenters. The van der Waals surface area contributed by atoms with E-state index in [1.807, 2.05) is 9.80 Å². The van der Waals surface area contributed by atoms with E-state index in [1.165, 1.54) is 13.2 Å². The van der Waals surface area contributed by atoms with Crippen molar-refractivity contribution in [3.63, 3.8) is 0 Å². The molecular weight excluding hydrogens is 368 g/mol. The topological polar surface area (TPSA) is 88.0 Å². The summed E-state index contributed by atoms with van der Waals surface area (Å²) < 4.78 is 5.08. The third-order valence-corrected chi connectivity index (χ3v) is 4.90. The Labute approximate surface area is 164 Å². The molecule has 0 radical (unpaired) electrons. The molecule has 9 heteroatoms. The summed E-state index contributed by atoms with van der Waals surface area (Å²) in [5.74, 6) is 0.401. The zero-order chi connectivity index (χ0) is 19.8. The fourth-order valence-corrected chi connectivity index (χ4v) is 3.29. The number of hydrogen-bond acceptors (Lipinski definition) is 6. The molecule has 1 aliphatic heterocycles. The van der Waals surface area contributed by atoms with Gasteiger partial charge >= 0.3 is 0 Å². The Kier molecular flexibility index (Phi) is 7.78. The number of methoxy groups -OCH3 is 1. The van der Waals surface area contributed by atoms with Gasteiger partial charge in [-0.3, -0.25) is 14.9 Å². The highest BCUT2D eigenvalue weighted by Crippen LogP contribution is 2.32. The first-order valence-electron chi connectivity index (χ1n) is 9.12. The maximum atomic E-state index is 11.9. The molecule has 0 bridgehead atoms. The molecule has 1 heterocycles. The summed E-state index contributed by atoms with van der Waals surface area (Å²) in [4.78, 5) is 26.8. The standard InChI is InChI=1S/C18H26N4O4S/c1-3-4-5-6-17(23)19-18(27)21-11-9-20(10-12-21)15-8-7-14(26-2)13-16(15)22(24)25/h7-8,13H,3-6,9-12H2,1-2H3,(H,19,23,27). The number of ether oxygens (including phenoxy) is 1. The molecule has 0 aromatic heterocycles. The average molecular weight is 394 g/mol. The maximum absolute atomic E-state index is 11.9. The predicted octanol–water partition coefficient (Wildman–Crippen LogP) is 2.71. The Hall–Kier alpha value is -2.42. The van der Waals surface area contributed by atoms with Crippen molar-refractivity contribution in [2.75, 3.05) is 38.2 Å². The highest BCUT2D eigenvalue weighted by Gasteiger charge is 2.25. The van der Waals surface area contributed by atoms with Crippen molar-refractivity contribution >= 4 is 34.6 Å². The first kappa shape index (κ1) is 20.9. The maximum Gasteiger partial charge on any atom is 0.296 e. The number of rotatable bonds is 7. The second-order valence-corrected chi connectivity index (χ2v) is 6.78. The van der Waals surface area contributed by atoms with Crippen molar-refractivity contribution in [2.24, 2.45) is 0 Å². The Bertz CT molecular complexity index is 690. The summed E-state index contributed by atoms with van der Waals surface area (Å²) in [6, 6.07) is 4.86. The van der Waals surface area contributed by atoms with E-state index in [4.69, 9.17) is 17.0 Å². The molecule has 0 spiro atoms. The van der Waals surface area contributed by atoms with Crippen molar-refractivity contribution < 1.29 is 14.5 Å². The minimum atomic E-state index is -0.397. The van der Waals surface area contributed by atoms with E-state index in [-0.39, 0.29) is 11.6 Å². The van der Waals surface area contributed by atoms with Crippen LogP contribution < -0.4 is 15.0 Å². The largest absolute Gasteiger partial charge is 0.496 e. The Balaban J connectivity index is 1.92. The molecule has 1 fully saturated rings. The van der Waals surface area contributed by atoms with Gasteiger partial charge in [-0.2, -0.15) is 0 Å². The Morgan fingerprint density at radius 3 is 2.59 bits per heavy atom. The smallest absolute Gasteiger partial charge is 0.296 e. The molecule has 1 aromatic rings. The van der Waals surface area contributed by atoms with Gasteiger partial charge in [0.05, 0.1) is 18.1 Å². The minimum Gasteiger partial charge on any atom is -0.496 e. The SMILES string of the molecule is CCCCCC(=O)NC(=S)N1CCN(c2ccc(OC)cc2[N+](=O)[O-])CC1. The quantitative estimate of drug-likeness (QED) is 0.329. The highest BCUT2D eigenvalue weighted by atomic mass is 32.1. The molecule has 27 heavy (non-hydrogen) atoms. The van der Waals surface area contributed by atoms with Crippen molar-refractivity contribution in [3.8, 4) is 5.75 Å². The van der Waals surface area contributed by atoms with Crippen LogP contribution in [-0.2, 0) is 4.79 Å². The number of nitrogens with zero attached hydrogens (tertiary/aromatic N) is 3. The van der Waals surface area contributed by atoms with Crippen LogP contribution in [0.25, 0.3) is 0 Å². The van der Waals surface area contributed by atoms with Crippen LogP contribution in [0.3, 0.4) is 0 Å². The third kappa shape index (κ3) is 5.78. The lowest BCUT2D eigenvalue weighted by Gasteiger charge is -2.37. The van der Waals surface area contributed by atoms with Crippen LogP contribution in [0.15, 0.2) is 18.2 Å². The second kappa shape index (κ2) is 10.1. The van der Waals surface area contributed by atoms with Crippen LogP contribution in [0, 0.1) is 10.1 Å². The molecule has 8 nitrogen and oxygen atoms in total. The second-order valence-electron chi connectivity index (χ2n) is 6.40. The molecule has 148 valence electrons. The van der Waals surface area contributed by atoms with Gasteiger partial charge in [-0.15, -0.1) is 0 Å². The van der Waals surface area contributed by atoms with Gasteiger partial charge in [0.15, 0.2) is 5.11 Å². The number of carbonyl (C=O) groups is 1. The van der Waals surface area contributed by atoms with Gasteiger partial charge in [0.2, 0.25) is 5.91 Å². The van der Waals surface area contributed by atoms with E-state index in [1.54, 1.807) is 12.1 Å². The summed E-state index contributed by atoms with van der Waals surface area (Å²) in [5, 5.41) is 14.6. The molecule has 1 amide bonds. The number of nitro groups is 1. The van der Waals surface area contributed by atoms with E-state index in [9.17, 15) is 14.9 Å². The Morgan fingerprint density at radius 1 is 1.30 bits per heavy atom. The summed E-state index contributed by atoms with van der Waals surface area (Å²) in [5.41, 5.74) is 0.588. The van der Waals surface area contributed by atoms with Crippen LogP contribution in [0.4, 0.5) is 11.4 Å². The molecule has 0 aliphatic carbocycles. The lowest BCUT2D eigenvalue weighted by atomic mass is 10.2. The summed E-state index contributed by atoms with van der Waals surface area (Å²) in [7, 11) is 1.48. The number of piperazine rings is 1. The lowest BCUT2D eigenvalue weighted by Crippen LogP contribution is -2.52. The summed E-state index contributed by atoms with van der Waals surface area (Å²) >= 11 is 5.34. The first-order chi connectivity index (χ1) is 13.0. The normalized spacial score (nSPS) is 14.0. The fourth-order valence-electron chi connectivity index (χ4n) is 2.99. The number of hydrogen-bond donors (Lipinski definition) is 1. The highest BCUT2D eigenvalue weighted by molar-refractivity contribution is 7.80. The molecule has 0 atom stereocenters. The van der Waals surface area contributed by atoms with Crippen molar-refractivity contribution in [1.82, 2.24) is 10.2 Å². The molecule has 1 saturated heterocycles. The molecule has 0 saturated carbocycles. The monoisotopic (exact) mass is 394 g/mol. The fraction of sp³-hybridized carbons (Fsp3) is 0.556. The van der Waals surface area contributed by atoms with E-state index < -0.39 is 4.92 Å². The van der Waals surface area contributed by atoms with Gasteiger partial charge in [-0.1, -0.05) is 19.8 Å². The minimum absolute atomic E-state index is 0.0228. The molecule has 2 rings (SSSR count). The zero-order valence-corrected chi connectivity index (χ0v) is 16.6. The number of carbonyl (C=O) groups excluding carboxylic acids is 1. The van der Waals surface area contributed by atoms with E-state index in [0.29, 0.717) is 49.1 Å². The predicted molar refractivity (Wildman–Crippen MR) is 108 cm³/mol. The van der Waals surface area contributed by atoms with Crippen LogP contribution in [0.2, 0.25) is 0 Å². The number of thiocarbonyl (C=S) groups is 1. The molecule has 1 N–H and O–H groups in total. The van der Waals surface area contributed by atoms with Gasteiger partial charge in [-0.25, -0.2) is 0 Å². The lowest BCUT2D eigenvalue weighted by molar-refractivity contribution is -0.384. The average Bonchev–Trinajstić information content (AvgIpc) is 2.67. The van der Waals surface area contributed by atoms with Crippen LogP contribution in [-0.4, -0.2) is 54.1 Å². The molecule has 1 aromatic carbocycles. The van der Waals surface area contributed by atoms with Crippen LogP contribution in [0.5, 0.6) is 5.75 Å². The number of anilines is 1. The van der Waals surface area contributed by atoms with Crippen molar-refractivity contribution in [1.29, 1.82) is 0 Å². The summed E-state index contributed by atoms with van der Waals surface area (Å²) in [6.07, 6.45) is 3.43. The van der Waals surface area contributed by atoms with Crippen molar-refractivity contribution in [2.45, 2.75) is 32.6 Å². The number of nitrogens with one attached hydrogen (secondary N) is 1. The molecular formula is C18H26N4O4S. The zero-order valence-electron chi connectivity index (χ0n) is 15.8. The summed E-state index contributed by atoms with van der Waals surface area (Å²) in [6.45, 7) is 4.45. The number of unbranched alkanes of at least 4 members (excludes halogenated alkanes) is 2. The van der Waals surface area contributed by atoms with Crippen LogP contribution in [0.1, 0.15) is 32.6 Å². The van der Waals surface area contributed by atoms with Gasteiger partial charge < -0.3 is 19.9 Å². The van der Waals surface area contributed by atoms with Crippen LogP contribution >= 0.6 is 12.2 Å². The van der Waals surface area contributed by atoms with Gasteiger partial charge in [0, 0.05) is 32.6 Å². The number of benzene rings is 1. The number of amides is 1.